The van der Waals surface area contributed by atoms with E-state index in [-0.39, 0.29) is 17.3 Å². The van der Waals surface area contributed by atoms with Crippen molar-refractivity contribution in [1.82, 2.24) is 10.1 Å². The molecule has 23 heavy (non-hydrogen) atoms. The van der Waals surface area contributed by atoms with E-state index in [0.717, 1.165) is 18.6 Å². The summed E-state index contributed by atoms with van der Waals surface area (Å²) in [6, 6.07) is 2.12. The van der Waals surface area contributed by atoms with E-state index >= 15 is 0 Å². The van der Waals surface area contributed by atoms with E-state index < -0.39 is 27.9 Å². The van der Waals surface area contributed by atoms with Gasteiger partial charge in [0, 0.05) is 6.07 Å². The molecule has 1 heterocycles. The number of halogens is 3. The highest BCUT2D eigenvalue weighted by Gasteiger charge is 2.40. The third-order valence-corrected chi connectivity index (χ3v) is 3.87. The summed E-state index contributed by atoms with van der Waals surface area (Å²) in [5.41, 5.74) is 3.24. The normalized spacial score (nSPS) is 16.9. The second-order valence-corrected chi connectivity index (χ2v) is 5.42. The minimum Gasteiger partial charge on any atom is -0.334 e. The number of rotatable bonds is 3. The Kier molecular flexibility index (Phi) is 3.36. The molecule has 0 atom stereocenters. The van der Waals surface area contributed by atoms with E-state index in [1.165, 1.54) is 0 Å². The molecule has 3 rings (SSSR count). The van der Waals surface area contributed by atoms with Gasteiger partial charge in [-0.15, -0.1) is 0 Å². The summed E-state index contributed by atoms with van der Waals surface area (Å²) >= 11 is 0. The lowest BCUT2D eigenvalue weighted by atomic mass is 9.77. The minimum absolute atomic E-state index is 0.176. The topological polar surface area (TPSA) is 108 Å². The van der Waals surface area contributed by atoms with Gasteiger partial charge in [0.25, 0.3) is 11.6 Å². The molecule has 1 saturated carbocycles. The standard InChI is InChI=1S/C13H11F3N4O3/c14-13(15,16)7-2-3-8(9(6-7)20(21)22)10-18-11(19-23-10)12(17)4-1-5-12/h2-3,6H,1,4-5,17H2. The Morgan fingerprint density at radius 2 is 2.04 bits per heavy atom. The number of alkyl halides is 3. The monoisotopic (exact) mass is 328 g/mol. The number of aromatic nitrogens is 2. The van der Waals surface area contributed by atoms with Gasteiger partial charge >= 0.3 is 6.18 Å². The molecule has 7 nitrogen and oxygen atoms in total. The zero-order valence-electron chi connectivity index (χ0n) is 11.6. The molecule has 0 spiro atoms. The van der Waals surface area contributed by atoms with Gasteiger partial charge in [0.1, 0.15) is 5.56 Å². The fraction of sp³-hybridized carbons (Fsp3) is 0.385. The first-order chi connectivity index (χ1) is 10.7. The fourth-order valence-electron chi connectivity index (χ4n) is 2.36. The number of nitro benzene ring substituents is 1. The van der Waals surface area contributed by atoms with Crippen LogP contribution in [0.4, 0.5) is 18.9 Å². The summed E-state index contributed by atoms with van der Waals surface area (Å²) in [5.74, 6) is -0.0231. The predicted molar refractivity (Wildman–Crippen MR) is 71.1 cm³/mol. The maximum absolute atomic E-state index is 12.7. The number of hydrogen-bond acceptors (Lipinski definition) is 6. The lowest BCUT2D eigenvalue weighted by molar-refractivity contribution is -0.384. The summed E-state index contributed by atoms with van der Waals surface area (Å²) in [6.07, 6.45) is -2.47. The van der Waals surface area contributed by atoms with Crippen LogP contribution in [0.1, 0.15) is 30.7 Å². The predicted octanol–water partition coefficient (Wildman–Crippen LogP) is 3.00. The summed E-state index contributed by atoms with van der Waals surface area (Å²) in [6.45, 7) is 0. The van der Waals surface area contributed by atoms with Crippen molar-refractivity contribution in [1.29, 1.82) is 0 Å². The Hall–Kier alpha value is -2.49. The molecule has 0 radical (unpaired) electrons. The Morgan fingerprint density at radius 3 is 2.57 bits per heavy atom. The van der Waals surface area contributed by atoms with E-state index in [0.29, 0.717) is 18.9 Å². The summed E-state index contributed by atoms with van der Waals surface area (Å²) in [5, 5.41) is 14.8. The van der Waals surface area contributed by atoms with Gasteiger partial charge < -0.3 is 10.3 Å². The molecule has 1 aromatic carbocycles. The molecule has 1 aromatic heterocycles. The fourth-order valence-corrected chi connectivity index (χ4v) is 2.36. The van der Waals surface area contributed by atoms with Gasteiger partial charge in [-0.1, -0.05) is 5.16 Å². The molecule has 0 aliphatic heterocycles. The Bertz CT molecular complexity index is 768. The quantitative estimate of drug-likeness (QED) is 0.685. The van der Waals surface area contributed by atoms with Crippen LogP contribution in [-0.2, 0) is 11.7 Å². The van der Waals surface area contributed by atoms with Crippen LogP contribution in [0.3, 0.4) is 0 Å². The van der Waals surface area contributed by atoms with Crippen LogP contribution in [0.25, 0.3) is 11.5 Å². The van der Waals surface area contributed by atoms with Gasteiger partial charge in [-0.05, 0) is 31.4 Å². The average molecular weight is 328 g/mol. The van der Waals surface area contributed by atoms with Crippen molar-refractivity contribution in [2.24, 2.45) is 5.73 Å². The molecule has 0 bridgehead atoms. The van der Waals surface area contributed by atoms with Gasteiger partial charge in [-0.3, -0.25) is 10.1 Å². The molecule has 1 aliphatic carbocycles. The van der Waals surface area contributed by atoms with Gasteiger partial charge in [0.15, 0.2) is 5.82 Å². The van der Waals surface area contributed by atoms with Crippen LogP contribution in [0.15, 0.2) is 22.7 Å². The van der Waals surface area contributed by atoms with Crippen molar-refractivity contribution in [2.75, 3.05) is 0 Å². The van der Waals surface area contributed by atoms with Gasteiger partial charge in [-0.2, -0.15) is 18.2 Å². The van der Waals surface area contributed by atoms with Crippen molar-refractivity contribution >= 4 is 5.69 Å². The lowest BCUT2D eigenvalue weighted by Gasteiger charge is -2.34. The Labute approximate surface area is 127 Å². The van der Waals surface area contributed by atoms with E-state index in [4.69, 9.17) is 10.3 Å². The maximum atomic E-state index is 12.7. The largest absolute Gasteiger partial charge is 0.416 e. The van der Waals surface area contributed by atoms with Crippen LogP contribution in [0, 0.1) is 10.1 Å². The molecule has 122 valence electrons. The van der Waals surface area contributed by atoms with Crippen LogP contribution in [0.2, 0.25) is 0 Å². The van der Waals surface area contributed by atoms with Crippen LogP contribution in [0.5, 0.6) is 0 Å². The van der Waals surface area contributed by atoms with Crippen molar-refractivity contribution < 1.29 is 22.6 Å². The summed E-state index contributed by atoms with van der Waals surface area (Å²) < 4.78 is 43.0. The Balaban J connectivity index is 2.04. The van der Waals surface area contributed by atoms with Gasteiger partial charge in [0.2, 0.25) is 0 Å². The smallest absolute Gasteiger partial charge is 0.334 e. The number of nitrogens with two attached hydrogens (primary N) is 1. The number of nitrogens with zero attached hydrogens (tertiary/aromatic N) is 3. The first-order valence-electron chi connectivity index (χ1n) is 6.70. The molecule has 1 aliphatic rings. The molecule has 0 unspecified atom stereocenters. The molecule has 0 amide bonds. The first-order valence-corrected chi connectivity index (χ1v) is 6.70. The second-order valence-electron chi connectivity index (χ2n) is 5.42. The van der Waals surface area contributed by atoms with Crippen molar-refractivity contribution in [2.45, 2.75) is 31.0 Å². The minimum atomic E-state index is -4.68. The van der Waals surface area contributed by atoms with E-state index in [2.05, 4.69) is 10.1 Å². The molecule has 0 saturated heterocycles. The average Bonchev–Trinajstić information content (AvgIpc) is 2.93. The molecule has 10 heteroatoms. The highest BCUT2D eigenvalue weighted by atomic mass is 19.4. The molecule has 2 aromatic rings. The summed E-state index contributed by atoms with van der Waals surface area (Å²) in [7, 11) is 0. The molecule has 2 N–H and O–H groups in total. The van der Waals surface area contributed by atoms with E-state index in [1.54, 1.807) is 0 Å². The zero-order valence-corrected chi connectivity index (χ0v) is 11.6. The second kappa shape index (κ2) is 5.01. The zero-order chi connectivity index (χ0) is 16.8. The van der Waals surface area contributed by atoms with Crippen LogP contribution in [-0.4, -0.2) is 15.1 Å². The third kappa shape index (κ3) is 2.65. The number of hydrogen-bond donors (Lipinski definition) is 1. The molecule has 1 fully saturated rings. The van der Waals surface area contributed by atoms with E-state index in [9.17, 15) is 23.3 Å². The highest BCUT2D eigenvalue weighted by Crippen LogP contribution is 2.40. The highest BCUT2D eigenvalue weighted by molar-refractivity contribution is 5.67. The van der Waals surface area contributed by atoms with Gasteiger partial charge in [-0.25, -0.2) is 0 Å². The van der Waals surface area contributed by atoms with Gasteiger partial charge in [0.05, 0.1) is 16.0 Å². The van der Waals surface area contributed by atoms with Crippen molar-refractivity contribution in [3.8, 4) is 11.5 Å². The van der Waals surface area contributed by atoms with E-state index in [1.807, 2.05) is 0 Å². The molecular formula is C13H11F3N4O3. The van der Waals surface area contributed by atoms with Crippen LogP contribution >= 0.6 is 0 Å². The maximum Gasteiger partial charge on any atom is 0.416 e. The number of nitro groups is 1. The van der Waals surface area contributed by atoms with Crippen molar-refractivity contribution in [3.05, 3.63) is 39.7 Å². The summed E-state index contributed by atoms with van der Waals surface area (Å²) in [4.78, 5) is 14.2. The SMILES string of the molecule is NC1(c2noc(-c3ccc(C(F)(F)F)cc3[N+](=O)[O-])n2)CCC1. The third-order valence-electron chi connectivity index (χ3n) is 3.87. The Morgan fingerprint density at radius 1 is 1.35 bits per heavy atom. The molecular weight excluding hydrogens is 317 g/mol. The first kappa shape index (κ1) is 15.4. The van der Waals surface area contributed by atoms with Crippen LogP contribution < -0.4 is 5.73 Å². The lowest BCUT2D eigenvalue weighted by Crippen LogP contribution is -2.44. The van der Waals surface area contributed by atoms with Crippen molar-refractivity contribution in [3.63, 3.8) is 0 Å². The number of benzene rings is 1.